The molecule has 10 heteroatoms. The molecule has 0 fully saturated rings. The van der Waals surface area contributed by atoms with Crippen LogP contribution in [0.4, 0.5) is 0 Å². The molecule has 9 nitrogen and oxygen atoms in total. The summed E-state index contributed by atoms with van der Waals surface area (Å²) in [5, 5.41) is 3.43. The van der Waals surface area contributed by atoms with Crippen molar-refractivity contribution in [3.63, 3.8) is 0 Å². The van der Waals surface area contributed by atoms with Crippen molar-refractivity contribution in [2.45, 2.75) is 25.9 Å². The zero-order valence-corrected chi connectivity index (χ0v) is 17.2. The van der Waals surface area contributed by atoms with E-state index in [1.165, 1.54) is 18.7 Å². The fourth-order valence-corrected chi connectivity index (χ4v) is 3.31. The molecule has 1 amide bonds. The summed E-state index contributed by atoms with van der Waals surface area (Å²) in [5.74, 6) is -0.131. The number of rotatable bonds is 7. The van der Waals surface area contributed by atoms with Gasteiger partial charge in [0, 0.05) is 38.6 Å². The van der Waals surface area contributed by atoms with Crippen molar-refractivity contribution in [1.29, 1.82) is 0 Å². The summed E-state index contributed by atoms with van der Waals surface area (Å²) in [5.41, 5.74) is 0.436. The summed E-state index contributed by atoms with van der Waals surface area (Å²) in [4.78, 5) is 41.1. The number of benzene rings is 1. The number of aryl methyl sites for hydroxylation is 2. The Hall–Kier alpha value is -3.07. The first-order valence-electron chi connectivity index (χ1n) is 9.05. The quantitative estimate of drug-likeness (QED) is 0.620. The average molecular weight is 420 g/mol. The predicted octanol–water partition coefficient (Wildman–Crippen LogP) is 1.19. The molecule has 0 aliphatic heterocycles. The van der Waals surface area contributed by atoms with E-state index in [-0.39, 0.29) is 29.5 Å². The fourth-order valence-electron chi connectivity index (χ4n) is 3.11. The molecule has 0 aliphatic rings. The minimum atomic E-state index is -0.464. The number of imidazole rings is 1. The summed E-state index contributed by atoms with van der Waals surface area (Å²) in [6, 6.07) is 7.53. The van der Waals surface area contributed by atoms with Crippen LogP contribution in [-0.2, 0) is 32.0 Å². The van der Waals surface area contributed by atoms with Crippen LogP contribution >= 0.6 is 11.6 Å². The number of fused-ring (bicyclic) bond motifs is 1. The van der Waals surface area contributed by atoms with E-state index < -0.39 is 11.2 Å². The van der Waals surface area contributed by atoms with Gasteiger partial charge in [-0.05, 0) is 18.1 Å². The molecular formula is C19H22ClN5O4. The lowest BCUT2D eigenvalue weighted by atomic mass is 10.2. The lowest BCUT2D eigenvalue weighted by Crippen LogP contribution is -2.37. The Morgan fingerprint density at radius 1 is 1.21 bits per heavy atom. The topological polar surface area (TPSA) is 100 Å². The number of nitrogens with zero attached hydrogens (tertiary/aromatic N) is 4. The molecule has 0 aliphatic carbocycles. The number of amides is 1. The molecule has 0 bridgehead atoms. The van der Waals surface area contributed by atoms with Gasteiger partial charge in [0.15, 0.2) is 11.2 Å². The molecule has 0 radical (unpaired) electrons. The highest BCUT2D eigenvalue weighted by Gasteiger charge is 2.19. The van der Waals surface area contributed by atoms with Crippen LogP contribution < -0.4 is 21.3 Å². The first-order chi connectivity index (χ1) is 13.8. The minimum Gasteiger partial charge on any atom is -0.468 e. The van der Waals surface area contributed by atoms with Crippen molar-refractivity contribution < 1.29 is 9.53 Å². The van der Waals surface area contributed by atoms with Gasteiger partial charge < -0.3 is 10.1 Å². The van der Waals surface area contributed by atoms with Crippen LogP contribution in [-0.4, -0.2) is 31.7 Å². The molecule has 0 spiro atoms. The number of hydrogen-bond donors (Lipinski definition) is 1. The third kappa shape index (κ3) is 4.04. The number of carbonyl (C=O) groups is 1. The van der Waals surface area contributed by atoms with Gasteiger partial charge in [-0.25, -0.2) is 4.79 Å². The first-order valence-corrected chi connectivity index (χ1v) is 9.43. The van der Waals surface area contributed by atoms with E-state index in [0.717, 1.165) is 10.1 Å². The average Bonchev–Trinajstić information content (AvgIpc) is 3.09. The van der Waals surface area contributed by atoms with Gasteiger partial charge in [0.05, 0.1) is 7.11 Å². The minimum absolute atomic E-state index is 0.131. The highest BCUT2D eigenvalue weighted by atomic mass is 35.5. The highest BCUT2D eigenvalue weighted by Crippen LogP contribution is 2.18. The van der Waals surface area contributed by atoms with Gasteiger partial charge in [0.1, 0.15) is 0 Å². The summed E-state index contributed by atoms with van der Waals surface area (Å²) in [6.45, 7) is 0.686. The molecular weight excluding hydrogens is 398 g/mol. The smallest absolute Gasteiger partial charge is 0.332 e. The molecule has 0 atom stereocenters. The predicted molar refractivity (Wildman–Crippen MR) is 109 cm³/mol. The van der Waals surface area contributed by atoms with Crippen molar-refractivity contribution in [2.24, 2.45) is 14.1 Å². The molecule has 1 aromatic carbocycles. The van der Waals surface area contributed by atoms with Gasteiger partial charge in [-0.15, -0.1) is 0 Å². The van der Waals surface area contributed by atoms with Crippen LogP contribution in [0.2, 0.25) is 5.02 Å². The van der Waals surface area contributed by atoms with Crippen LogP contribution in [0.3, 0.4) is 0 Å². The number of hydrogen-bond acceptors (Lipinski definition) is 5. The van der Waals surface area contributed by atoms with Gasteiger partial charge in [0.2, 0.25) is 5.91 Å². The second-order valence-electron chi connectivity index (χ2n) is 6.60. The summed E-state index contributed by atoms with van der Waals surface area (Å²) < 4.78 is 9.19. The fraction of sp³-hybridized carbons (Fsp3) is 0.368. The Bertz CT molecular complexity index is 1180. The second kappa shape index (κ2) is 8.52. The van der Waals surface area contributed by atoms with Gasteiger partial charge in [0.25, 0.3) is 11.6 Å². The lowest BCUT2D eigenvalue weighted by Gasteiger charge is -2.09. The molecule has 0 unspecified atom stereocenters. The maximum Gasteiger partial charge on any atom is 0.332 e. The van der Waals surface area contributed by atoms with E-state index in [1.807, 2.05) is 18.2 Å². The van der Waals surface area contributed by atoms with Gasteiger partial charge >= 0.3 is 5.69 Å². The van der Waals surface area contributed by atoms with Crippen molar-refractivity contribution in [2.75, 3.05) is 7.11 Å². The molecule has 0 saturated carbocycles. The first kappa shape index (κ1) is 20.7. The molecule has 2 aromatic heterocycles. The van der Waals surface area contributed by atoms with E-state index in [2.05, 4.69) is 10.3 Å². The van der Waals surface area contributed by atoms with Crippen molar-refractivity contribution >= 4 is 28.7 Å². The Morgan fingerprint density at radius 3 is 2.62 bits per heavy atom. The van der Waals surface area contributed by atoms with Crippen molar-refractivity contribution in [1.82, 2.24) is 24.0 Å². The van der Waals surface area contributed by atoms with Gasteiger partial charge in [-0.3, -0.25) is 23.3 Å². The maximum absolute atomic E-state index is 12.6. The van der Waals surface area contributed by atoms with Crippen molar-refractivity contribution in [3.8, 4) is 6.01 Å². The normalized spacial score (nSPS) is 11.0. The van der Waals surface area contributed by atoms with E-state index in [0.29, 0.717) is 24.5 Å². The van der Waals surface area contributed by atoms with E-state index in [1.54, 1.807) is 17.7 Å². The van der Waals surface area contributed by atoms with Crippen LogP contribution in [0.15, 0.2) is 33.9 Å². The van der Waals surface area contributed by atoms with Gasteiger partial charge in [-0.2, -0.15) is 4.98 Å². The highest BCUT2D eigenvalue weighted by molar-refractivity contribution is 6.31. The Balaban J connectivity index is 1.72. The van der Waals surface area contributed by atoms with Crippen LogP contribution in [0, 0.1) is 0 Å². The SMILES string of the molecule is COc1nc2c(c(=O)n(C)c(=O)n2C)n1CCCC(=O)NCc1ccccc1Cl. The Kier molecular flexibility index (Phi) is 6.07. The Morgan fingerprint density at radius 2 is 1.93 bits per heavy atom. The Labute approximate surface area is 171 Å². The number of carbonyl (C=O) groups excluding carboxylic acids is 1. The number of ether oxygens (including phenoxy) is 1. The zero-order valence-electron chi connectivity index (χ0n) is 16.4. The lowest BCUT2D eigenvalue weighted by molar-refractivity contribution is -0.121. The molecule has 1 N–H and O–H groups in total. The maximum atomic E-state index is 12.6. The molecule has 0 saturated heterocycles. The van der Waals surface area contributed by atoms with Crippen molar-refractivity contribution in [3.05, 3.63) is 55.7 Å². The third-order valence-corrected chi connectivity index (χ3v) is 5.08. The largest absolute Gasteiger partial charge is 0.468 e. The summed E-state index contributed by atoms with van der Waals surface area (Å²) >= 11 is 6.09. The van der Waals surface area contributed by atoms with Crippen LogP contribution in [0.25, 0.3) is 11.2 Å². The van der Waals surface area contributed by atoms with Crippen LogP contribution in [0.1, 0.15) is 18.4 Å². The standard InChI is InChI=1S/C19H22ClN5O4/c1-23-16-15(17(27)24(2)19(23)28)25(18(22-16)29-3)10-6-9-14(26)21-11-12-7-4-5-8-13(12)20/h4-5,7-8H,6,9-11H2,1-3H3,(H,21,26). The zero-order chi connectivity index (χ0) is 21.1. The van der Waals surface area contributed by atoms with Gasteiger partial charge in [-0.1, -0.05) is 29.8 Å². The molecule has 29 heavy (non-hydrogen) atoms. The van der Waals surface area contributed by atoms with E-state index in [4.69, 9.17) is 16.3 Å². The number of nitrogens with one attached hydrogen (secondary N) is 1. The summed E-state index contributed by atoms with van der Waals surface area (Å²) in [7, 11) is 4.40. The third-order valence-electron chi connectivity index (χ3n) is 4.71. The number of methoxy groups -OCH3 is 1. The monoisotopic (exact) mass is 419 g/mol. The molecule has 2 heterocycles. The molecule has 3 rings (SSSR count). The van der Waals surface area contributed by atoms with E-state index in [9.17, 15) is 14.4 Å². The number of halogens is 1. The summed E-state index contributed by atoms with van der Waals surface area (Å²) in [6.07, 6.45) is 0.710. The van der Waals surface area contributed by atoms with Crippen LogP contribution in [0.5, 0.6) is 6.01 Å². The molecule has 154 valence electrons. The number of aromatic nitrogens is 4. The second-order valence-corrected chi connectivity index (χ2v) is 7.01. The van der Waals surface area contributed by atoms with E-state index >= 15 is 0 Å². The molecule has 3 aromatic rings.